The predicted octanol–water partition coefficient (Wildman–Crippen LogP) is 8.17. The topological polar surface area (TPSA) is 61.8 Å². The fraction of sp³-hybridized carbons (Fsp3) is 0.350. The summed E-state index contributed by atoms with van der Waals surface area (Å²) in [5, 5.41) is 3.69. The zero-order chi connectivity index (χ0) is 34.7. The number of benzene rings is 3. The van der Waals surface area contributed by atoms with Crippen LogP contribution >= 0.6 is 7.92 Å². The highest BCUT2D eigenvalue weighted by Crippen LogP contribution is 2.39. The lowest BCUT2D eigenvalue weighted by atomic mass is 9.94. The standard InChI is InChI=1S/C40H51O5PSi2/c1-31(29-43-47(2,3)4)27-33(28-32(25-26-41)30-44-48(5,6)7)45-40(42)38-23-16-22-36(38)37-21-14-15-24-39(37)46(34-17-10-8-11-18-34)35-19-12-9-13-20-35/h8-24,26,32-33,38H,1,25,27-30H2,2-7H3/t32-,33+,38?/m0/s1. The van der Waals surface area contributed by atoms with Gasteiger partial charge in [0.1, 0.15) is 18.3 Å². The van der Waals surface area contributed by atoms with Crippen molar-refractivity contribution >= 4 is 58.3 Å². The molecule has 0 fully saturated rings. The SMILES string of the molecule is C=C(CO[Si](C)(C)C)C[C@H](C[C@H](CC=O)CO[Si](C)(C)C)OC(=O)C1C=CC=C1c1ccccc1P(c1ccccc1)c1ccccc1. The number of carbonyl (C=O) groups is 2. The Bertz CT molecular complexity index is 1530. The molecule has 0 aliphatic heterocycles. The number of aldehydes is 1. The summed E-state index contributed by atoms with van der Waals surface area (Å²) in [7, 11) is -4.44. The van der Waals surface area contributed by atoms with Gasteiger partial charge in [-0.1, -0.05) is 110 Å². The van der Waals surface area contributed by atoms with Crippen LogP contribution in [0.25, 0.3) is 5.57 Å². The van der Waals surface area contributed by atoms with E-state index in [2.05, 4.69) is 113 Å². The van der Waals surface area contributed by atoms with Crippen LogP contribution in [-0.2, 0) is 23.2 Å². The third kappa shape index (κ3) is 11.5. The van der Waals surface area contributed by atoms with Gasteiger partial charge in [0.2, 0.25) is 0 Å². The second-order valence-electron chi connectivity index (χ2n) is 14.3. The first kappa shape index (κ1) is 37.6. The van der Waals surface area contributed by atoms with E-state index in [9.17, 15) is 9.59 Å². The van der Waals surface area contributed by atoms with Gasteiger partial charge in [0, 0.05) is 19.4 Å². The first-order valence-electron chi connectivity index (χ1n) is 16.8. The maximum atomic E-state index is 14.2. The van der Waals surface area contributed by atoms with Crippen molar-refractivity contribution in [3.63, 3.8) is 0 Å². The number of hydrogen-bond acceptors (Lipinski definition) is 5. The minimum absolute atomic E-state index is 0.0621. The lowest BCUT2D eigenvalue weighted by molar-refractivity contribution is -0.151. The summed E-state index contributed by atoms with van der Waals surface area (Å²) < 4.78 is 18.7. The molecular formula is C40H51O5PSi2. The van der Waals surface area contributed by atoms with Crippen LogP contribution in [0, 0.1) is 11.8 Å². The minimum atomic E-state index is -1.80. The first-order valence-corrected chi connectivity index (χ1v) is 25.0. The smallest absolute Gasteiger partial charge is 0.317 e. The monoisotopic (exact) mass is 698 g/mol. The Morgan fingerprint density at radius 3 is 2.02 bits per heavy atom. The van der Waals surface area contributed by atoms with Gasteiger partial charge in [0.25, 0.3) is 0 Å². The van der Waals surface area contributed by atoms with E-state index in [1.54, 1.807) is 0 Å². The van der Waals surface area contributed by atoms with Gasteiger partial charge in [-0.2, -0.15) is 0 Å². The highest BCUT2D eigenvalue weighted by Gasteiger charge is 2.32. The van der Waals surface area contributed by atoms with E-state index < -0.39 is 36.6 Å². The summed E-state index contributed by atoms with van der Waals surface area (Å²) in [5.41, 5.74) is 2.86. The maximum Gasteiger partial charge on any atom is 0.317 e. The first-order chi connectivity index (χ1) is 22.8. The molecule has 5 nitrogen and oxygen atoms in total. The van der Waals surface area contributed by atoms with Crippen LogP contribution in [0.3, 0.4) is 0 Å². The lowest BCUT2D eigenvalue weighted by Gasteiger charge is -2.28. The number of esters is 1. The second kappa shape index (κ2) is 17.5. The predicted molar refractivity (Wildman–Crippen MR) is 207 cm³/mol. The van der Waals surface area contributed by atoms with Gasteiger partial charge in [-0.3, -0.25) is 4.79 Å². The highest BCUT2D eigenvalue weighted by atomic mass is 31.1. The van der Waals surface area contributed by atoms with Crippen molar-refractivity contribution in [3.8, 4) is 0 Å². The number of hydrogen-bond donors (Lipinski definition) is 0. The Morgan fingerprint density at radius 1 is 0.854 bits per heavy atom. The molecule has 1 unspecified atom stereocenters. The van der Waals surface area contributed by atoms with Crippen molar-refractivity contribution in [1.82, 2.24) is 0 Å². The van der Waals surface area contributed by atoms with Crippen molar-refractivity contribution in [2.24, 2.45) is 11.8 Å². The summed E-state index contributed by atoms with van der Waals surface area (Å²) in [5.74, 6) is -0.910. The Balaban J connectivity index is 1.61. The van der Waals surface area contributed by atoms with Gasteiger partial charge < -0.3 is 18.4 Å². The molecule has 4 rings (SSSR count). The van der Waals surface area contributed by atoms with Crippen molar-refractivity contribution in [2.45, 2.75) is 64.6 Å². The van der Waals surface area contributed by atoms with E-state index >= 15 is 0 Å². The third-order valence-corrected chi connectivity index (χ3v) is 12.5. The third-order valence-electron chi connectivity index (χ3n) is 7.94. The molecule has 8 heteroatoms. The molecule has 1 aliphatic carbocycles. The molecule has 0 heterocycles. The van der Waals surface area contributed by atoms with E-state index in [4.69, 9.17) is 13.6 Å². The van der Waals surface area contributed by atoms with E-state index in [-0.39, 0.29) is 11.9 Å². The Kier molecular flexibility index (Phi) is 13.7. The molecule has 3 aromatic rings. The summed E-state index contributed by atoms with van der Waals surface area (Å²) >= 11 is 0. The van der Waals surface area contributed by atoms with Crippen molar-refractivity contribution < 1.29 is 23.2 Å². The normalized spacial score (nSPS) is 16.0. The Morgan fingerprint density at radius 2 is 1.44 bits per heavy atom. The molecule has 1 aliphatic rings. The average Bonchev–Trinajstić information content (AvgIpc) is 3.54. The van der Waals surface area contributed by atoms with Crippen molar-refractivity contribution in [1.29, 1.82) is 0 Å². The van der Waals surface area contributed by atoms with Gasteiger partial charge in [-0.25, -0.2) is 0 Å². The molecule has 254 valence electrons. The van der Waals surface area contributed by atoms with E-state index in [0.29, 0.717) is 32.5 Å². The zero-order valence-electron chi connectivity index (χ0n) is 29.4. The highest BCUT2D eigenvalue weighted by molar-refractivity contribution is 7.80. The molecule has 48 heavy (non-hydrogen) atoms. The summed E-state index contributed by atoms with van der Waals surface area (Å²) in [6.07, 6.45) is 7.74. The molecule has 0 bridgehead atoms. The van der Waals surface area contributed by atoms with Gasteiger partial charge in [0.15, 0.2) is 16.6 Å². The molecule has 0 aromatic heterocycles. The second-order valence-corrected chi connectivity index (χ2v) is 25.6. The van der Waals surface area contributed by atoms with Crippen LogP contribution in [0.5, 0.6) is 0 Å². The van der Waals surface area contributed by atoms with Crippen LogP contribution in [0.4, 0.5) is 0 Å². The zero-order valence-corrected chi connectivity index (χ0v) is 32.2. The van der Waals surface area contributed by atoms with Crippen molar-refractivity contribution in [2.75, 3.05) is 13.2 Å². The molecule has 3 aromatic carbocycles. The van der Waals surface area contributed by atoms with Gasteiger partial charge in [0.05, 0.1) is 6.61 Å². The Hall–Kier alpha value is -3.20. The lowest BCUT2D eigenvalue weighted by Crippen LogP contribution is -2.32. The van der Waals surface area contributed by atoms with Crippen LogP contribution in [0.1, 0.15) is 24.8 Å². The molecule has 0 saturated carbocycles. The summed E-state index contributed by atoms with van der Waals surface area (Å²) in [6.45, 7) is 18.0. The fourth-order valence-corrected chi connectivity index (χ4v) is 9.50. The maximum absolute atomic E-state index is 14.2. The molecule has 0 N–H and O–H groups in total. The van der Waals surface area contributed by atoms with Gasteiger partial charge in [-0.05, 0) is 92.2 Å². The molecule has 0 spiro atoms. The van der Waals surface area contributed by atoms with Crippen LogP contribution in [0.2, 0.25) is 39.3 Å². The van der Waals surface area contributed by atoms with Crippen LogP contribution in [0.15, 0.2) is 115 Å². The quantitative estimate of drug-likeness (QED) is 0.0441. The molecule has 0 saturated heterocycles. The Labute approximate surface area is 291 Å². The molecule has 3 atom stereocenters. The largest absolute Gasteiger partial charge is 0.461 e. The average molecular weight is 699 g/mol. The number of allylic oxidation sites excluding steroid dienone is 2. The van der Waals surface area contributed by atoms with E-state index in [1.165, 1.54) is 15.9 Å². The molecule has 0 radical (unpaired) electrons. The van der Waals surface area contributed by atoms with Gasteiger partial charge >= 0.3 is 5.97 Å². The number of rotatable bonds is 18. The van der Waals surface area contributed by atoms with Crippen LogP contribution in [-0.4, -0.2) is 48.2 Å². The fourth-order valence-electron chi connectivity index (χ4n) is 5.65. The minimum Gasteiger partial charge on any atom is -0.461 e. The van der Waals surface area contributed by atoms with E-state index in [1.807, 2.05) is 36.4 Å². The van der Waals surface area contributed by atoms with Crippen LogP contribution < -0.4 is 15.9 Å². The van der Waals surface area contributed by atoms with Gasteiger partial charge in [-0.15, -0.1) is 0 Å². The number of carbonyl (C=O) groups excluding carboxylic acids is 2. The van der Waals surface area contributed by atoms with Crippen molar-refractivity contribution in [3.05, 3.63) is 121 Å². The van der Waals surface area contributed by atoms with E-state index in [0.717, 1.165) is 23.0 Å². The summed E-state index contributed by atoms with van der Waals surface area (Å²) in [6, 6.07) is 29.6. The number of ether oxygens (including phenoxy) is 1. The molecular weight excluding hydrogens is 648 g/mol. The summed E-state index contributed by atoms with van der Waals surface area (Å²) in [4.78, 5) is 25.8. The molecule has 0 amide bonds.